The molecular weight excluding hydrogens is 142 g/mol. The Labute approximate surface area is 64.7 Å². The average molecular weight is 151 g/mol. The van der Waals surface area contributed by atoms with Crippen LogP contribution < -0.4 is 0 Å². The molecular formula is C8H9NO2. The maximum absolute atomic E-state index is 9.86. The number of hydrogen-bond acceptors (Lipinski definition) is 3. The van der Waals surface area contributed by atoms with Crippen molar-refractivity contribution in [1.29, 1.82) is 0 Å². The zero-order valence-corrected chi connectivity index (χ0v) is 6.03. The lowest BCUT2D eigenvalue weighted by Crippen LogP contribution is -1.85. The number of nitrogens with zero attached hydrogens (tertiary/aromatic N) is 1. The molecule has 0 aromatic heterocycles. The fourth-order valence-corrected chi connectivity index (χ4v) is 0.901. The number of benzene rings is 1. The molecule has 0 radical (unpaired) electrons. The summed E-state index contributed by atoms with van der Waals surface area (Å²) in [5, 5.41) is 11.5. The lowest BCUT2D eigenvalue weighted by molar-refractivity contribution is 0.281. The van der Waals surface area contributed by atoms with Crippen LogP contribution in [-0.4, -0.2) is 5.11 Å². The molecule has 0 amide bonds. The summed E-state index contributed by atoms with van der Waals surface area (Å²) < 4.78 is 0. The van der Waals surface area contributed by atoms with E-state index in [1.54, 1.807) is 24.3 Å². The van der Waals surface area contributed by atoms with Crippen molar-refractivity contribution in [2.75, 3.05) is 0 Å². The summed E-state index contributed by atoms with van der Waals surface area (Å²) in [7, 11) is 0. The van der Waals surface area contributed by atoms with Gasteiger partial charge < -0.3 is 5.11 Å². The minimum Gasteiger partial charge on any atom is -0.392 e. The van der Waals surface area contributed by atoms with Gasteiger partial charge in [0.2, 0.25) is 0 Å². The number of aliphatic hydroxyl groups is 1. The molecule has 0 spiro atoms. The van der Waals surface area contributed by atoms with E-state index in [1.165, 1.54) is 0 Å². The summed E-state index contributed by atoms with van der Waals surface area (Å²) in [4.78, 5) is 9.86. The molecule has 0 fully saturated rings. The fourth-order valence-electron chi connectivity index (χ4n) is 0.901. The summed E-state index contributed by atoms with van der Waals surface area (Å²) in [6.45, 7) is 0.181. The summed E-state index contributed by atoms with van der Waals surface area (Å²) in [5.74, 6) is 0. The summed E-state index contributed by atoms with van der Waals surface area (Å²) in [6, 6.07) is 7.17. The maximum Gasteiger partial charge on any atom is 0.106 e. The van der Waals surface area contributed by atoms with Crippen LogP contribution in [0, 0.1) is 4.91 Å². The Bertz CT molecular complexity index is 248. The Morgan fingerprint density at radius 1 is 1.36 bits per heavy atom. The van der Waals surface area contributed by atoms with E-state index in [9.17, 15) is 4.91 Å². The molecule has 0 saturated carbocycles. The number of rotatable bonds is 3. The summed E-state index contributed by atoms with van der Waals surface area (Å²) in [5.41, 5.74) is 1.65. The average Bonchev–Trinajstić information content (AvgIpc) is 2.06. The highest BCUT2D eigenvalue weighted by Gasteiger charge is 1.93. The normalized spacial score (nSPS) is 9.55. The Hall–Kier alpha value is -1.22. The minimum atomic E-state index is 0.00664. The van der Waals surface area contributed by atoms with Crippen LogP contribution in [0.3, 0.4) is 0 Å². The highest BCUT2D eigenvalue weighted by molar-refractivity contribution is 5.22. The molecule has 0 bridgehead atoms. The monoisotopic (exact) mass is 151 g/mol. The van der Waals surface area contributed by atoms with E-state index in [2.05, 4.69) is 5.18 Å². The van der Waals surface area contributed by atoms with Gasteiger partial charge in [-0.3, -0.25) is 0 Å². The van der Waals surface area contributed by atoms with Crippen LogP contribution in [0.2, 0.25) is 0 Å². The van der Waals surface area contributed by atoms with Crippen molar-refractivity contribution in [2.24, 2.45) is 5.18 Å². The highest BCUT2D eigenvalue weighted by atomic mass is 16.3. The van der Waals surface area contributed by atoms with Gasteiger partial charge in [0.25, 0.3) is 0 Å². The van der Waals surface area contributed by atoms with E-state index in [0.717, 1.165) is 11.1 Å². The number of nitroso groups, excluding NO2 is 1. The Morgan fingerprint density at radius 3 is 2.73 bits per heavy atom. The Kier molecular flexibility index (Phi) is 2.74. The number of hydrogen-bond donors (Lipinski definition) is 1. The number of aliphatic hydroxyl groups excluding tert-OH is 1. The molecule has 0 heterocycles. The minimum absolute atomic E-state index is 0.00664. The standard InChI is InChI=1S/C8H9NO2/c10-6-8-3-1-2-7(4-8)5-9-11/h1-4,10H,5-6H2. The molecule has 0 aliphatic carbocycles. The SMILES string of the molecule is O=NCc1cccc(CO)c1. The largest absolute Gasteiger partial charge is 0.392 e. The van der Waals surface area contributed by atoms with Crippen molar-refractivity contribution >= 4 is 0 Å². The molecule has 1 rings (SSSR count). The lowest BCUT2D eigenvalue weighted by Gasteiger charge is -1.97. The molecule has 1 N–H and O–H groups in total. The quantitative estimate of drug-likeness (QED) is 0.664. The van der Waals surface area contributed by atoms with Crippen molar-refractivity contribution < 1.29 is 5.11 Å². The first-order valence-electron chi connectivity index (χ1n) is 3.34. The van der Waals surface area contributed by atoms with Crippen LogP contribution in [0.4, 0.5) is 0 Å². The third-order valence-electron chi connectivity index (χ3n) is 1.42. The first-order valence-corrected chi connectivity index (χ1v) is 3.34. The molecule has 3 heteroatoms. The summed E-state index contributed by atoms with van der Waals surface area (Å²) >= 11 is 0. The smallest absolute Gasteiger partial charge is 0.106 e. The van der Waals surface area contributed by atoms with E-state index in [-0.39, 0.29) is 13.2 Å². The Balaban J connectivity index is 2.82. The van der Waals surface area contributed by atoms with Gasteiger partial charge in [0.05, 0.1) is 6.61 Å². The second-order valence-corrected chi connectivity index (χ2v) is 2.27. The van der Waals surface area contributed by atoms with E-state index >= 15 is 0 Å². The third kappa shape index (κ3) is 2.13. The third-order valence-corrected chi connectivity index (χ3v) is 1.42. The van der Waals surface area contributed by atoms with Crippen LogP contribution in [0.25, 0.3) is 0 Å². The van der Waals surface area contributed by atoms with E-state index in [1.807, 2.05) is 0 Å². The maximum atomic E-state index is 9.86. The molecule has 0 unspecified atom stereocenters. The zero-order valence-electron chi connectivity index (χ0n) is 6.03. The van der Waals surface area contributed by atoms with Crippen molar-refractivity contribution in [1.82, 2.24) is 0 Å². The highest BCUT2D eigenvalue weighted by Crippen LogP contribution is 2.05. The molecule has 0 saturated heterocycles. The van der Waals surface area contributed by atoms with Gasteiger partial charge in [-0.15, -0.1) is 0 Å². The second kappa shape index (κ2) is 3.83. The van der Waals surface area contributed by atoms with Gasteiger partial charge in [0.1, 0.15) is 6.54 Å². The van der Waals surface area contributed by atoms with Crippen LogP contribution in [-0.2, 0) is 13.2 Å². The van der Waals surface area contributed by atoms with Gasteiger partial charge >= 0.3 is 0 Å². The van der Waals surface area contributed by atoms with Crippen LogP contribution in [0.5, 0.6) is 0 Å². The van der Waals surface area contributed by atoms with Gasteiger partial charge in [-0.2, -0.15) is 4.91 Å². The van der Waals surface area contributed by atoms with Crippen LogP contribution in [0.15, 0.2) is 29.4 Å². The van der Waals surface area contributed by atoms with Crippen molar-refractivity contribution in [2.45, 2.75) is 13.2 Å². The van der Waals surface area contributed by atoms with E-state index < -0.39 is 0 Å². The molecule has 1 aromatic carbocycles. The molecule has 0 aliphatic rings. The van der Waals surface area contributed by atoms with Gasteiger partial charge in [0, 0.05) is 0 Å². The molecule has 11 heavy (non-hydrogen) atoms. The molecule has 1 aromatic rings. The molecule has 0 atom stereocenters. The first kappa shape index (κ1) is 7.88. The van der Waals surface area contributed by atoms with Gasteiger partial charge in [-0.25, -0.2) is 0 Å². The topological polar surface area (TPSA) is 49.7 Å². The fraction of sp³-hybridized carbons (Fsp3) is 0.250. The molecule has 0 aliphatic heterocycles. The Morgan fingerprint density at radius 2 is 2.09 bits per heavy atom. The predicted molar refractivity (Wildman–Crippen MR) is 41.9 cm³/mol. The van der Waals surface area contributed by atoms with Gasteiger partial charge in [-0.1, -0.05) is 29.4 Å². The van der Waals surface area contributed by atoms with Gasteiger partial charge in [-0.05, 0) is 11.1 Å². The van der Waals surface area contributed by atoms with E-state index in [0.29, 0.717) is 0 Å². The van der Waals surface area contributed by atoms with Crippen molar-refractivity contribution in [3.8, 4) is 0 Å². The predicted octanol–water partition coefficient (Wildman–Crippen LogP) is 1.45. The van der Waals surface area contributed by atoms with Crippen LogP contribution in [0.1, 0.15) is 11.1 Å². The van der Waals surface area contributed by atoms with Gasteiger partial charge in [0.15, 0.2) is 0 Å². The molecule has 58 valence electrons. The first-order chi connectivity index (χ1) is 5.36. The zero-order chi connectivity index (χ0) is 8.10. The van der Waals surface area contributed by atoms with Crippen molar-refractivity contribution in [3.05, 3.63) is 40.3 Å². The summed E-state index contributed by atoms with van der Waals surface area (Å²) in [6.07, 6.45) is 0. The molecule has 3 nitrogen and oxygen atoms in total. The van der Waals surface area contributed by atoms with Crippen LogP contribution >= 0.6 is 0 Å². The van der Waals surface area contributed by atoms with Crippen molar-refractivity contribution in [3.63, 3.8) is 0 Å². The van der Waals surface area contributed by atoms with E-state index in [4.69, 9.17) is 5.11 Å². The lowest BCUT2D eigenvalue weighted by atomic mass is 10.1. The second-order valence-electron chi connectivity index (χ2n) is 2.27.